The highest BCUT2D eigenvalue weighted by atomic mass is 16.4. The molecule has 0 fully saturated rings. The summed E-state index contributed by atoms with van der Waals surface area (Å²) in [5.41, 5.74) is 20.7. The average Bonchev–Trinajstić information content (AvgIpc) is 3.95. The van der Waals surface area contributed by atoms with E-state index in [2.05, 4.69) is 237 Å². The van der Waals surface area contributed by atoms with E-state index in [1.54, 1.807) is 0 Å². The molecule has 12 rings (SSSR count). The predicted molar refractivity (Wildman–Crippen MR) is 279 cm³/mol. The first-order valence-corrected chi connectivity index (χ1v) is 23.2. The summed E-state index contributed by atoms with van der Waals surface area (Å²) >= 11 is 0. The van der Waals surface area contributed by atoms with E-state index in [1.807, 2.05) is 0 Å². The number of para-hydroxylation sites is 2. The molecule has 1 aliphatic carbocycles. The second-order valence-electron chi connectivity index (χ2n) is 20.9. The molecule has 4 nitrogen and oxygen atoms in total. The lowest BCUT2D eigenvalue weighted by Gasteiger charge is -2.34. The van der Waals surface area contributed by atoms with Gasteiger partial charge >= 0.3 is 0 Å². The van der Waals surface area contributed by atoms with E-state index in [0.29, 0.717) is 0 Å². The van der Waals surface area contributed by atoms with Crippen molar-refractivity contribution in [3.63, 3.8) is 0 Å². The Kier molecular flexibility index (Phi) is 8.78. The topological polar surface area (TPSA) is 41.6 Å². The number of hydrogen-bond donors (Lipinski definition) is 1. The zero-order valence-electron chi connectivity index (χ0n) is 38.9. The molecule has 0 saturated carbocycles. The standard InChI is InChI=1S/C61H52BN2O2/c1-59(2,3)37-26-29-39(30-27-37)63-50-35-49-44(40-20-12-15-23-48(40)61(49,7)8)33-45(50)46-34-47-41-21-13-16-24-52(41)65-57(47)56-54(46)62-55-42-22-14-17-25-53(42)66-58(55)64(56)51-31-28-38(60(4,5)6)32-43(51)36-18-10-9-11-19-36/h9-35,63H,1-8H3. The van der Waals surface area contributed by atoms with Crippen LogP contribution in [0.5, 0.6) is 0 Å². The van der Waals surface area contributed by atoms with Crippen molar-refractivity contribution >= 4 is 79.7 Å². The van der Waals surface area contributed by atoms with Crippen LogP contribution in [-0.4, -0.2) is 7.28 Å². The highest BCUT2D eigenvalue weighted by Gasteiger charge is 2.39. The number of nitrogens with one attached hydrogen (secondary N) is 1. The van der Waals surface area contributed by atoms with Crippen LogP contribution in [0.25, 0.3) is 66.3 Å². The van der Waals surface area contributed by atoms with Gasteiger partial charge in [0, 0.05) is 44.1 Å². The molecule has 0 spiro atoms. The first-order chi connectivity index (χ1) is 31.7. The predicted octanol–water partition coefficient (Wildman–Crippen LogP) is 15.7. The van der Waals surface area contributed by atoms with Gasteiger partial charge in [-0.2, -0.15) is 0 Å². The number of rotatable bonds is 5. The quantitative estimate of drug-likeness (QED) is 0.175. The maximum atomic E-state index is 7.10. The third kappa shape index (κ3) is 6.20. The van der Waals surface area contributed by atoms with Gasteiger partial charge in [-0.1, -0.05) is 165 Å². The molecule has 8 aromatic carbocycles. The molecular formula is C61H52BN2O2. The van der Waals surface area contributed by atoms with Gasteiger partial charge in [0.2, 0.25) is 7.28 Å². The van der Waals surface area contributed by atoms with Crippen LogP contribution >= 0.6 is 0 Å². The van der Waals surface area contributed by atoms with Crippen molar-refractivity contribution in [2.75, 3.05) is 10.2 Å². The summed E-state index contributed by atoms with van der Waals surface area (Å²) in [4.78, 5) is 2.36. The number of benzene rings is 8. The van der Waals surface area contributed by atoms with Gasteiger partial charge in [-0.25, -0.2) is 0 Å². The normalized spacial score (nSPS) is 14.0. The first kappa shape index (κ1) is 40.3. The molecule has 1 aliphatic heterocycles. The number of hydrogen-bond acceptors (Lipinski definition) is 4. The van der Waals surface area contributed by atoms with E-state index < -0.39 is 0 Å². The fourth-order valence-electron chi connectivity index (χ4n) is 10.6. The molecule has 2 aliphatic rings. The summed E-state index contributed by atoms with van der Waals surface area (Å²) in [5.74, 6) is 0.769. The van der Waals surface area contributed by atoms with Crippen LogP contribution in [0.4, 0.5) is 28.6 Å². The third-order valence-corrected chi connectivity index (χ3v) is 14.2. The maximum Gasteiger partial charge on any atom is 0.203 e. The van der Waals surface area contributed by atoms with Crippen LogP contribution in [0.15, 0.2) is 173 Å². The van der Waals surface area contributed by atoms with Crippen LogP contribution < -0.4 is 21.1 Å². The number of fused-ring (bicyclic) bond motifs is 11. The van der Waals surface area contributed by atoms with Crippen molar-refractivity contribution in [1.29, 1.82) is 0 Å². The minimum absolute atomic E-state index is 0.0418. The van der Waals surface area contributed by atoms with Crippen LogP contribution in [0.2, 0.25) is 0 Å². The third-order valence-electron chi connectivity index (χ3n) is 14.2. The summed E-state index contributed by atoms with van der Waals surface area (Å²) in [7, 11) is 2.35. The van der Waals surface area contributed by atoms with E-state index >= 15 is 0 Å². The fraction of sp³-hybridized carbons (Fsp3) is 0.180. The van der Waals surface area contributed by atoms with Crippen LogP contribution in [0.3, 0.4) is 0 Å². The summed E-state index contributed by atoms with van der Waals surface area (Å²) in [6.45, 7) is 18.4. The molecule has 1 N–H and O–H groups in total. The van der Waals surface area contributed by atoms with Crippen molar-refractivity contribution in [2.45, 2.75) is 71.6 Å². The molecule has 1 radical (unpaired) electrons. The summed E-state index contributed by atoms with van der Waals surface area (Å²) in [6, 6.07) is 59.7. The highest BCUT2D eigenvalue weighted by molar-refractivity contribution is 6.76. The molecule has 0 amide bonds. The van der Waals surface area contributed by atoms with Gasteiger partial charge in [-0.05, 0) is 121 Å². The Bertz CT molecular complexity index is 3580. The zero-order valence-corrected chi connectivity index (χ0v) is 38.9. The SMILES string of the molecule is CC(C)(C)c1ccc(Nc2cc3c(cc2-c2cc4c(oc5ccccc54)c4c2[B]c2c(oc5ccccc25)N4c2ccc(C(C)(C)C)cc2-c2ccccc2)-c2ccccc2C3(C)C)cc1. The van der Waals surface area contributed by atoms with Crippen LogP contribution in [0, 0.1) is 0 Å². The van der Waals surface area contributed by atoms with Crippen molar-refractivity contribution < 1.29 is 8.83 Å². The average molecular weight is 856 g/mol. The summed E-state index contributed by atoms with van der Waals surface area (Å²) in [5, 5.41) is 7.18. The lowest BCUT2D eigenvalue weighted by molar-refractivity contribution is 0.590. The Labute approximate surface area is 388 Å². The van der Waals surface area contributed by atoms with E-state index in [1.165, 1.54) is 33.4 Å². The van der Waals surface area contributed by atoms with Crippen molar-refractivity contribution in [3.8, 4) is 33.4 Å². The van der Waals surface area contributed by atoms with Gasteiger partial charge in [0.1, 0.15) is 11.2 Å². The van der Waals surface area contributed by atoms with Gasteiger partial charge in [0.15, 0.2) is 11.5 Å². The number of nitrogens with zero attached hydrogens (tertiary/aromatic N) is 1. The molecule has 0 bridgehead atoms. The maximum absolute atomic E-state index is 7.10. The monoisotopic (exact) mass is 855 g/mol. The molecule has 2 aromatic heterocycles. The van der Waals surface area contributed by atoms with E-state index in [4.69, 9.17) is 8.83 Å². The highest BCUT2D eigenvalue weighted by Crippen LogP contribution is 2.54. The molecule has 66 heavy (non-hydrogen) atoms. The lowest BCUT2D eigenvalue weighted by Crippen LogP contribution is -2.40. The van der Waals surface area contributed by atoms with Crippen LogP contribution in [0.1, 0.15) is 77.6 Å². The molecular weight excluding hydrogens is 803 g/mol. The zero-order chi connectivity index (χ0) is 45.3. The summed E-state index contributed by atoms with van der Waals surface area (Å²) in [6.07, 6.45) is 0. The number of furan rings is 2. The Balaban J connectivity index is 1.20. The summed E-state index contributed by atoms with van der Waals surface area (Å²) < 4.78 is 14.2. The van der Waals surface area contributed by atoms with Gasteiger partial charge in [0.25, 0.3) is 0 Å². The Morgan fingerprint density at radius 2 is 1.15 bits per heavy atom. The van der Waals surface area contributed by atoms with Crippen molar-refractivity contribution in [1.82, 2.24) is 0 Å². The van der Waals surface area contributed by atoms with E-state index in [0.717, 1.165) is 94.7 Å². The lowest BCUT2D eigenvalue weighted by atomic mass is 9.58. The van der Waals surface area contributed by atoms with Gasteiger partial charge < -0.3 is 14.2 Å². The minimum atomic E-state index is -0.193. The van der Waals surface area contributed by atoms with Gasteiger partial charge in [0.05, 0.1) is 11.4 Å². The molecule has 10 aromatic rings. The largest absolute Gasteiger partial charge is 0.454 e. The second kappa shape index (κ2) is 14.4. The minimum Gasteiger partial charge on any atom is -0.454 e. The molecule has 321 valence electrons. The van der Waals surface area contributed by atoms with Crippen molar-refractivity contribution in [2.24, 2.45) is 0 Å². The van der Waals surface area contributed by atoms with Gasteiger partial charge in [-0.3, -0.25) is 4.90 Å². The van der Waals surface area contributed by atoms with Crippen LogP contribution in [-0.2, 0) is 16.2 Å². The Hall–Kier alpha value is -7.24. The second-order valence-corrected chi connectivity index (χ2v) is 20.9. The first-order valence-electron chi connectivity index (χ1n) is 23.2. The fourth-order valence-corrected chi connectivity index (χ4v) is 10.6. The Morgan fingerprint density at radius 3 is 1.89 bits per heavy atom. The van der Waals surface area contributed by atoms with Crippen molar-refractivity contribution in [3.05, 3.63) is 186 Å². The van der Waals surface area contributed by atoms with E-state index in [9.17, 15) is 0 Å². The number of anilines is 5. The van der Waals surface area contributed by atoms with E-state index in [-0.39, 0.29) is 16.2 Å². The molecule has 3 heterocycles. The molecule has 0 atom stereocenters. The van der Waals surface area contributed by atoms with Gasteiger partial charge in [-0.15, -0.1) is 0 Å². The smallest absolute Gasteiger partial charge is 0.203 e. The Morgan fingerprint density at radius 1 is 0.500 bits per heavy atom. The molecule has 0 unspecified atom stereocenters. The molecule has 5 heteroatoms. The molecule has 0 saturated heterocycles.